The Hall–Kier alpha value is -3.87. The molecule has 10 nitrogen and oxygen atoms in total. The van der Waals surface area contributed by atoms with Crippen LogP contribution >= 0.6 is 23.6 Å². The van der Waals surface area contributed by atoms with Crippen LogP contribution in [0, 0.1) is 0 Å². The maximum Gasteiger partial charge on any atom is 0.269 e. The average Bonchev–Trinajstić information content (AvgIpc) is 3.42. The Morgan fingerprint density at radius 3 is 2.44 bits per heavy atom. The minimum absolute atomic E-state index is 0.240. The lowest BCUT2D eigenvalue weighted by molar-refractivity contribution is -0.160. The number of anilines is 2. The van der Waals surface area contributed by atoms with E-state index in [9.17, 15) is 9.59 Å². The Kier molecular flexibility index (Phi) is 8.42. The quantitative estimate of drug-likeness (QED) is 0.161. The first-order chi connectivity index (χ1) is 20.8. The number of carbonyl (C=O) groups is 2. The number of nitrogens with zero attached hydrogens (tertiary/aromatic N) is 4. The number of likely N-dealkylation sites (N-methyl/N-ethyl adjacent to an activating group) is 1. The van der Waals surface area contributed by atoms with Gasteiger partial charge in [-0.15, -0.1) is 0 Å². The lowest BCUT2D eigenvalue weighted by Gasteiger charge is -2.34. The van der Waals surface area contributed by atoms with Crippen LogP contribution in [0.1, 0.15) is 32.0 Å². The van der Waals surface area contributed by atoms with E-state index in [1.165, 1.54) is 7.11 Å². The Morgan fingerprint density at radius 2 is 1.72 bits per heavy atom. The molecule has 1 aliphatic heterocycles. The highest BCUT2D eigenvalue weighted by molar-refractivity contribution is 7.94. The first kappa shape index (κ1) is 29.2. The molecule has 0 atom stereocenters. The number of amides is 2. The van der Waals surface area contributed by atoms with E-state index in [4.69, 9.17) is 21.7 Å². The van der Waals surface area contributed by atoms with Crippen molar-refractivity contribution in [3.05, 3.63) is 88.1 Å². The number of fused-ring (bicyclic) bond motifs is 3. The second kappa shape index (κ2) is 12.4. The molecule has 4 aromatic rings. The number of hydrogen-bond donors (Lipinski definition) is 2. The Labute approximate surface area is 258 Å². The van der Waals surface area contributed by atoms with Crippen molar-refractivity contribution in [3.63, 3.8) is 0 Å². The van der Waals surface area contributed by atoms with Gasteiger partial charge in [-0.05, 0) is 80.1 Å². The molecular formula is C31H31ClN6O4S. The van der Waals surface area contributed by atoms with Crippen molar-refractivity contribution >= 4 is 46.8 Å². The van der Waals surface area contributed by atoms with Crippen LogP contribution in [0.4, 0.5) is 11.4 Å². The number of nitrogens with one attached hydrogen (secondary N) is 1. The van der Waals surface area contributed by atoms with Crippen LogP contribution in [0.15, 0.2) is 65.6 Å². The predicted molar refractivity (Wildman–Crippen MR) is 168 cm³/mol. The number of halogens is 1. The molecule has 1 aliphatic carbocycles. The number of piperazine rings is 1. The Bertz CT molecular complexity index is 1680. The van der Waals surface area contributed by atoms with Crippen LogP contribution in [0.25, 0.3) is 16.9 Å². The van der Waals surface area contributed by atoms with Gasteiger partial charge in [0.05, 0.1) is 41.1 Å². The summed E-state index contributed by atoms with van der Waals surface area (Å²) < 4.78 is 6.69. The topological polar surface area (TPSA) is 115 Å². The van der Waals surface area contributed by atoms with Crippen molar-refractivity contribution in [1.82, 2.24) is 14.7 Å². The van der Waals surface area contributed by atoms with Gasteiger partial charge in [0, 0.05) is 53.6 Å². The standard InChI is InChI=1S/C31H31ClN6O4S/c1-36-13-15-37(16-14-36)22-8-12-27(32)26(18-22)31(40)34-20-5-3-19-4-11-24-28(30(33)39)35-38(29(24)25(19)17-20)21-6-9-23(10-7-21)43-42-41-2/h3,5-10,12,17-18H,4,11,13-16H2,1-2H3,(H2,33,39)(H,34,40). The number of benzene rings is 3. The third-order valence-corrected chi connectivity index (χ3v) is 8.82. The molecule has 0 spiro atoms. The zero-order valence-corrected chi connectivity index (χ0v) is 25.4. The lowest BCUT2D eigenvalue weighted by Crippen LogP contribution is -2.44. The number of aromatic nitrogens is 2. The largest absolute Gasteiger partial charge is 0.369 e. The zero-order valence-electron chi connectivity index (χ0n) is 23.8. The number of hydrogen-bond acceptors (Lipinski definition) is 8. The SMILES string of the molecule is COOSc1ccc(-n2nc(C(N)=O)c3c2-c2cc(NC(=O)c4cc(N5CCN(C)CC5)ccc4Cl)ccc2CC3)cc1. The minimum Gasteiger partial charge on any atom is -0.369 e. The van der Waals surface area contributed by atoms with E-state index in [-0.39, 0.29) is 11.6 Å². The van der Waals surface area contributed by atoms with Gasteiger partial charge in [-0.3, -0.25) is 9.59 Å². The number of aryl methyl sites for hydroxylation is 1. The van der Waals surface area contributed by atoms with E-state index < -0.39 is 5.91 Å². The molecule has 2 aliphatic rings. The molecule has 0 bridgehead atoms. The summed E-state index contributed by atoms with van der Waals surface area (Å²) >= 11 is 7.59. The van der Waals surface area contributed by atoms with Gasteiger partial charge in [-0.2, -0.15) is 9.43 Å². The van der Waals surface area contributed by atoms with Crippen LogP contribution in [0.2, 0.25) is 5.02 Å². The van der Waals surface area contributed by atoms with Gasteiger partial charge in [0.15, 0.2) is 5.69 Å². The highest BCUT2D eigenvalue weighted by Crippen LogP contribution is 2.39. The summed E-state index contributed by atoms with van der Waals surface area (Å²) in [5, 5.41) is 8.05. The Morgan fingerprint density at radius 1 is 0.977 bits per heavy atom. The molecule has 1 aromatic heterocycles. The summed E-state index contributed by atoms with van der Waals surface area (Å²) in [5.41, 5.74) is 12.2. The molecule has 43 heavy (non-hydrogen) atoms. The fourth-order valence-corrected chi connectivity index (χ4v) is 6.16. The summed E-state index contributed by atoms with van der Waals surface area (Å²) in [6.07, 6.45) is 1.34. The smallest absolute Gasteiger partial charge is 0.269 e. The number of primary amides is 1. The fraction of sp³-hybridized carbons (Fsp3) is 0.258. The van der Waals surface area contributed by atoms with Crippen LogP contribution < -0.4 is 16.0 Å². The molecule has 0 unspecified atom stereocenters. The third kappa shape index (κ3) is 5.99. The van der Waals surface area contributed by atoms with Crippen LogP contribution in [-0.4, -0.2) is 66.8 Å². The predicted octanol–water partition coefficient (Wildman–Crippen LogP) is 4.98. The second-order valence-electron chi connectivity index (χ2n) is 10.5. The maximum atomic E-state index is 13.5. The molecule has 1 saturated heterocycles. The van der Waals surface area contributed by atoms with E-state index in [0.717, 1.165) is 76.9 Å². The summed E-state index contributed by atoms with van der Waals surface area (Å²) in [5.74, 6) is -0.881. The molecule has 12 heteroatoms. The summed E-state index contributed by atoms with van der Waals surface area (Å²) in [7, 11) is 3.55. The van der Waals surface area contributed by atoms with Gasteiger partial charge in [-0.25, -0.2) is 9.57 Å². The van der Waals surface area contributed by atoms with Gasteiger partial charge in [-0.1, -0.05) is 17.7 Å². The Balaban J connectivity index is 1.32. The molecular weight excluding hydrogens is 588 g/mol. The van der Waals surface area contributed by atoms with Gasteiger partial charge in [0.25, 0.3) is 11.8 Å². The molecule has 2 heterocycles. The van der Waals surface area contributed by atoms with Crippen molar-refractivity contribution in [1.29, 1.82) is 0 Å². The van der Waals surface area contributed by atoms with Gasteiger partial charge < -0.3 is 20.9 Å². The van der Waals surface area contributed by atoms with Crippen molar-refractivity contribution < 1.29 is 18.8 Å². The van der Waals surface area contributed by atoms with E-state index in [2.05, 4.69) is 32.2 Å². The van der Waals surface area contributed by atoms with Crippen LogP contribution in [0.5, 0.6) is 0 Å². The molecule has 2 amide bonds. The van der Waals surface area contributed by atoms with Gasteiger partial charge in [0.1, 0.15) is 0 Å². The van der Waals surface area contributed by atoms with E-state index >= 15 is 0 Å². The van der Waals surface area contributed by atoms with Crippen molar-refractivity contribution in [2.75, 3.05) is 50.6 Å². The number of nitrogens with two attached hydrogens (primary N) is 1. The molecule has 6 rings (SSSR count). The normalized spacial score (nSPS) is 14.7. The number of carbonyl (C=O) groups excluding carboxylic acids is 2. The molecule has 3 N–H and O–H groups in total. The van der Waals surface area contributed by atoms with Crippen LogP contribution in [0.3, 0.4) is 0 Å². The summed E-state index contributed by atoms with van der Waals surface area (Å²) in [4.78, 5) is 36.0. The summed E-state index contributed by atoms with van der Waals surface area (Å²) in [6.45, 7) is 3.69. The van der Waals surface area contributed by atoms with E-state index in [0.29, 0.717) is 29.1 Å². The molecule has 0 saturated carbocycles. The average molecular weight is 619 g/mol. The molecule has 0 radical (unpaired) electrons. The highest BCUT2D eigenvalue weighted by atomic mass is 35.5. The van der Waals surface area contributed by atoms with Crippen molar-refractivity contribution in [2.24, 2.45) is 5.73 Å². The van der Waals surface area contributed by atoms with Crippen molar-refractivity contribution in [2.45, 2.75) is 17.7 Å². The molecule has 3 aromatic carbocycles. The first-order valence-corrected chi connectivity index (χ1v) is 15.0. The van der Waals surface area contributed by atoms with Crippen molar-refractivity contribution in [3.8, 4) is 16.9 Å². The maximum absolute atomic E-state index is 13.5. The molecule has 1 fully saturated rings. The lowest BCUT2D eigenvalue weighted by atomic mass is 9.88. The minimum atomic E-state index is -0.585. The van der Waals surface area contributed by atoms with Gasteiger partial charge in [0.2, 0.25) is 0 Å². The summed E-state index contributed by atoms with van der Waals surface area (Å²) in [6, 6.07) is 18.9. The van der Waals surface area contributed by atoms with Crippen LogP contribution in [-0.2, 0) is 22.1 Å². The van der Waals surface area contributed by atoms with Gasteiger partial charge >= 0.3 is 0 Å². The zero-order chi connectivity index (χ0) is 30.1. The third-order valence-electron chi connectivity index (χ3n) is 7.83. The van der Waals surface area contributed by atoms with E-state index in [1.807, 2.05) is 54.6 Å². The molecule has 222 valence electrons. The monoisotopic (exact) mass is 618 g/mol. The first-order valence-electron chi connectivity index (χ1n) is 13.9. The van der Waals surface area contributed by atoms with E-state index in [1.54, 1.807) is 10.7 Å². The number of rotatable bonds is 8. The highest BCUT2D eigenvalue weighted by Gasteiger charge is 2.28. The fourth-order valence-electron chi connectivity index (χ4n) is 5.56. The second-order valence-corrected chi connectivity index (χ2v) is 11.7.